The number of anilines is 2. The number of nitrogens with zero attached hydrogens (tertiary/aromatic N) is 1. The van der Waals surface area contributed by atoms with Crippen LogP contribution in [0, 0.1) is 0 Å². The van der Waals surface area contributed by atoms with Crippen molar-refractivity contribution in [2.45, 2.75) is 0 Å². The molecule has 27 heavy (non-hydrogen) atoms. The molecule has 0 aliphatic carbocycles. The lowest BCUT2D eigenvalue weighted by Crippen LogP contribution is -2.47. The van der Waals surface area contributed by atoms with Crippen molar-refractivity contribution in [1.82, 2.24) is 0 Å². The Balaban J connectivity index is 1.68. The number of hydrogen-bond acceptors (Lipinski definition) is 3. The van der Waals surface area contributed by atoms with Gasteiger partial charge in [-0.15, -0.1) is 0 Å². The Kier molecular flexibility index (Phi) is 2.34. The molecule has 0 fully saturated rings. The van der Waals surface area contributed by atoms with Gasteiger partial charge in [0.25, 0.3) is 0 Å². The Morgan fingerprint density at radius 1 is 0.741 bits per heavy atom. The molecule has 4 heterocycles. The molecule has 7 rings (SSSR count). The first-order valence-electron chi connectivity index (χ1n) is 9.09. The summed E-state index contributed by atoms with van der Waals surface area (Å²) in [6.07, 6.45) is 1.73. The summed E-state index contributed by atoms with van der Waals surface area (Å²) < 4.78 is 20.8. The van der Waals surface area contributed by atoms with Crippen molar-refractivity contribution in [1.29, 1.82) is 0 Å². The van der Waals surface area contributed by atoms with Gasteiger partial charge in [0.1, 0.15) is 12.7 Å². The lowest BCUT2D eigenvalue weighted by atomic mass is 9.74. The second-order valence-electron chi connectivity index (χ2n) is 7.31. The lowest BCUT2D eigenvalue weighted by Gasteiger charge is -2.32. The normalized spacial score (nSPS) is 20.0. The van der Waals surface area contributed by atoms with Crippen molar-refractivity contribution in [2.24, 2.45) is 0 Å². The van der Waals surface area contributed by atoms with Gasteiger partial charge in [-0.1, -0.05) is 54.6 Å². The van der Waals surface area contributed by atoms with Crippen LogP contribution in [0.4, 0.5) is 11.4 Å². The molecule has 5 heteroatoms. The SMILES string of the molecule is O=P12B3c4occc4-c4ccccc4N3c3cccc(c31)-c1ccccc12. The van der Waals surface area contributed by atoms with Gasteiger partial charge in [0.15, 0.2) is 0 Å². The van der Waals surface area contributed by atoms with Gasteiger partial charge in [-0.2, -0.15) is 0 Å². The van der Waals surface area contributed by atoms with Gasteiger partial charge in [-0.3, -0.25) is 0 Å². The summed E-state index contributed by atoms with van der Waals surface area (Å²) in [5.41, 5.74) is 7.36. The zero-order chi connectivity index (χ0) is 17.8. The summed E-state index contributed by atoms with van der Waals surface area (Å²) in [6.45, 7) is -0.308. The third-order valence-corrected chi connectivity index (χ3v) is 9.53. The fourth-order valence-corrected chi connectivity index (χ4v) is 8.94. The molecule has 3 aromatic carbocycles. The van der Waals surface area contributed by atoms with E-state index < -0.39 is 7.02 Å². The third-order valence-electron chi connectivity index (χ3n) is 6.13. The van der Waals surface area contributed by atoms with Crippen LogP contribution in [0.15, 0.2) is 83.5 Å². The molecule has 0 saturated heterocycles. The molecule has 0 saturated carbocycles. The average Bonchev–Trinajstić information content (AvgIpc) is 3.37. The number of benzene rings is 3. The molecule has 4 aromatic rings. The third kappa shape index (κ3) is 1.41. The number of hydrogen-bond donors (Lipinski definition) is 0. The van der Waals surface area contributed by atoms with Gasteiger partial charge >= 0.3 is 6.57 Å². The fourth-order valence-electron chi connectivity index (χ4n) is 5.15. The highest BCUT2D eigenvalue weighted by Crippen LogP contribution is 2.65. The van der Waals surface area contributed by atoms with Gasteiger partial charge in [-0.05, 0) is 29.3 Å². The second kappa shape index (κ2) is 4.47. The minimum Gasteiger partial charge on any atom is -0.476 e. The van der Waals surface area contributed by atoms with E-state index in [0.717, 1.165) is 49.9 Å². The minimum atomic E-state index is -2.89. The highest BCUT2D eigenvalue weighted by atomic mass is 31.2. The predicted molar refractivity (Wildman–Crippen MR) is 110 cm³/mol. The van der Waals surface area contributed by atoms with Gasteiger partial charge < -0.3 is 13.8 Å². The molecule has 0 bridgehead atoms. The Morgan fingerprint density at radius 2 is 1.48 bits per heavy atom. The van der Waals surface area contributed by atoms with Gasteiger partial charge in [-0.25, -0.2) is 0 Å². The van der Waals surface area contributed by atoms with Crippen molar-refractivity contribution in [3.63, 3.8) is 0 Å². The summed E-state index contributed by atoms with van der Waals surface area (Å²) in [4.78, 5) is 2.25. The summed E-state index contributed by atoms with van der Waals surface area (Å²) in [7, 11) is -2.89. The fraction of sp³-hybridized carbons (Fsp3) is 0. The largest absolute Gasteiger partial charge is 0.476 e. The maximum Gasteiger partial charge on any atom is 0.417 e. The molecule has 126 valence electrons. The highest BCUT2D eigenvalue weighted by molar-refractivity contribution is 8.09. The van der Waals surface area contributed by atoms with Crippen molar-refractivity contribution in [3.8, 4) is 22.3 Å². The second-order valence-corrected chi connectivity index (χ2v) is 10.0. The first kappa shape index (κ1) is 14.1. The van der Waals surface area contributed by atoms with Crippen LogP contribution in [-0.2, 0) is 4.57 Å². The Labute approximate surface area is 156 Å². The van der Waals surface area contributed by atoms with Crippen molar-refractivity contribution in [3.05, 3.63) is 79.1 Å². The smallest absolute Gasteiger partial charge is 0.417 e. The molecular weight excluding hydrogens is 352 g/mol. The lowest BCUT2D eigenvalue weighted by molar-refractivity contribution is 0.591. The van der Waals surface area contributed by atoms with Crippen LogP contribution in [0.2, 0.25) is 0 Å². The Bertz CT molecular complexity index is 1340. The zero-order valence-electron chi connectivity index (χ0n) is 14.3. The topological polar surface area (TPSA) is 33.5 Å². The van der Waals surface area contributed by atoms with Crippen LogP contribution in [-0.4, -0.2) is 6.57 Å². The van der Waals surface area contributed by atoms with E-state index in [1.807, 2.05) is 36.4 Å². The van der Waals surface area contributed by atoms with E-state index in [0.29, 0.717) is 0 Å². The zero-order valence-corrected chi connectivity index (χ0v) is 15.2. The maximum absolute atomic E-state index is 14.8. The first-order valence-corrected chi connectivity index (χ1v) is 10.9. The van der Waals surface area contributed by atoms with E-state index >= 15 is 0 Å². The van der Waals surface area contributed by atoms with E-state index in [-0.39, 0.29) is 6.57 Å². The Hall–Kier alpha value is -2.97. The summed E-state index contributed by atoms with van der Waals surface area (Å²) in [6, 6.07) is 24.8. The number of fused-ring (bicyclic) bond motifs is 11. The number of para-hydroxylation sites is 1. The van der Waals surface area contributed by atoms with Crippen LogP contribution in [0.25, 0.3) is 22.3 Å². The van der Waals surface area contributed by atoms with Gasteiger partial charge in [0, 0.05) is 33.1 Å². The molecule has 3 nitrogen and oxygen atoms in total. The van der Waals surface area contributed by atoms with Crippen LogP contribution in [0.3, 0.4) is 0 Å². The molecule has 0 N–H and O–H groups in total. The molecule has 3 aliphatic rings. The predicted octanol–water partition coefficient (Wildman–Crippen LogP) is 4.10. The van der Waals surface area contributed by atoms with Crippen molar-refractivity contribution < 1.29 is 8.98 Å². The van der Waals surface area contributed by atoms with E-state index in [4.69, 9.17) is 4.42 Å². The summed E-state index contributed by atoms with van der Waals surface area (Å²) in [5.74, 6) is 0. The van der Waals surface area contributed by atoms with Gasteiger partial charge in [0.2, 0.25) is 0 Å². The van der Waals surface area contributed by atoms with Crippen LogP contribution >= 0.6 is 7.02 Å². The van der Waals surface area contributed by atoms with E-state index in [1.54, 1.807) is 6.26 Å². The monoisotopic (exact) mass is 365 g/mol. The number of furan rings is 1. The Morgan fingerprint density at radius 3 is 2.41 bits per heavy atom. The molecule has 1 aromatic heterocycles. The average molecular weight is 365 g/mol. The van der Waals surface area contributed by atoms with E-state index in [9.17, 15) is 4.57 Å². The highest BCUT2D eigenvalue weighted by Gasteiger charge is 2.62. The van der Waals surface area contributed by atoms with E-state index in [2.05, 4.69) is 41.2 Å². The molecule has 3 aliphatic heterocycles. The quantitative estimate of drug-likeness (QED) is 0.348. The van der Waals surface area contributed by atoms with Crippen molar-refractivity contribution >= 4 is 41.2 Å². The van der Waals surface area contributed by atoms with E-state index in [1.165, 1.54) is 0 Å². The summed E-state index contributed by atoms with van der Waals surface area (Å²) in [5, 5.41) is 1.96. The molecule has 1 atom stereocenters. The van der Waals surface area contributed by atoms with Crippen LogP contribution in [0.5, 0.6) is 0 Å². The molecule has 0 amide bonds. The van der Waals surface area contributed by atoms with Gasteiger partial charge in [0.05, 0.1) is 6.26 Å². The minimum absolute atomic E-state index is 0.308. The maximum atomic E-state index is 14.8. The van der Waals surface area contributed by atoms with Crippen molar-refractivity contribution in [2.75, 3.05) is 4.81 Å². The number of rotatable bonds is 0. The van der Waals surface area contributed by atoms with Crippen LogP contribution in [0.1, 0.15) is 0 Å². The molecule has 1 unspecified atom stereocenters. The summed E-state index contributed by atoms with van der Waals surface area (Å²) >= 11 is 0. The molecule has 0 radical (unpaired) electrons. The first-order chi connectivity index (χ1) is 13.3. The molecule has 0 spiro atoms. The van der Waals surface area contributed by atoms with Crippen LogP contribution < -0.4 is 21.1 Å². The molecular formula is C22H13BNO2P. The standard InChI is InChI=1S/C22H13BNO2P/c25-27-20-11-4-2-7-15(20)16-8-5-10-19(21(16)27)24-18-9-3-1-6-14(18)17-12-13-26-22(17)23(24)27/h1-13H.